The predicted octanol–water partition coefficient (Wildman–Crippen LogP) is 2.77. The number of hydrogen-bond donors (Lipinski definition) is 2. The van der Waals surface area contributed by atoms with E-state index in [1.807, 2.05) is 11.6 Å². The maximum atomic E-state index is 12.8. The fraction of sp³-hybridized carbons (Fsp3) is 0.300. The van der Waals surface area contributed by atoms with E-state index in [9.17, 15) is 13.6 Å². The number of aromatic nitrogens is 7. The van der Waals surface area contributed by atoms with Gasteiger partial charge < -0.3 is 19.9 Å². The van der Waals surface area contributed by atoms with E-state index >= 15 is 0 Å². The lowest BCUT2D eigenvalue weighted by molar-refractivity contribution is 0.0595. The van der Waals surface area contributed by atoms with E-state index in [1.54, 1.807) is 32.7 Å². The number of ether oxygens (including phenoxy) is 1. The SMILES string of the molecule is CNc1nc(Nc2cnn(CC(F)F)c2C)c(C(=O)OC)nc1-c1cncc2c1ncn2C. The molecular formula is C20H21F2N9O2. The Morgan fingerprint density at radius 3 is 2.70 bits per heavy atom. The molecule has 11 nitrogen and oxygen atoms in total. The van der Waals surface area contributed by atoms with Gasteiger partial charge in [-0.05, 0) is 6.92 Å². The summed E-state index contributed by atoms with van der Waals surface area (Å²) in [5.74, 6) is -0.300. The third-order valence-corrected chi connectivity index (χ3v) is 5.07. The number of carbonyl (C=O) groups excluding carboxylic acids is 1. The molecule has 0 aliphatic rings. The number of hydrogen-bond acceptors (Lipinski definition) is 9. The molecule has 0 aliphatic carbocycles. The van der Waals surface area contributed by atoms with Gasteiger partial charge in [-0.1, -0.05) is 0 Å². The molecule has 0 saturated carbocycles. The third-order valence-electron chi connectivity index (χ3n) is 5.07. The number of aryl methyl sites for hydroxylation is 1. The molecule has 0 aliphatic heterocycles. The van der Waals surface area contributed by atoms with Crippen molar-refractivity contribution in [2.24, 2.45) is 7.05 Å². The fourth-order valence-electron chi connectivity index (χ4n) is 3.35. The van der Waals surface area contributed by atoms with Gasteiger partial charge in [-0.2, -0.15) is 5.10 Å². The van der Waals surface area contributed by atoms with Crippen LogP contribution in [0.2, 0.25) is 0 Å². The first kappa shape index (κ1) is 22.0. The molecular weight excluding hydrogens is 436 g/mol. The van der Waals surface area contributed by atoms with Gasteiger partial charge in [-0.3, -0.25) is 9.67 Å². The highest BCUT2D eigenvalue weighted by Gasteiger charge is 2.24. The van der Waals surface area contributed by atoms with Crippen LogP contribution in [0, 0.1) is 6.92 Å². The van der Waals surface area contributed by atoms with Crippen molar-refractivity contribution in [3.05, 3.63) is 36.3 Å². The minimum absolute atomic E-state index is 0.0794. The molecule has 0 saturated heterocycles. The highest BCUT2D eigenvalue weighted by Crippen LogP contribution is 2.33. The molecule has 4 aromatic rings. The molecule has 0 atom stereocenters. The number of methoxy groups -OCH3 is 1. The van der Waals surface area contributed by atoms with Crippen molar-refractivity contribution >= 4 is 34.3 Å². The second kappa shape index (κ2) is 8.76. The number of alkyl halides is 2. The number of halogens is 2. The van der Waals surface area contributed by atoms with Crippen LogP contribution in [0.3, 0.4) is 0 Å². The summed E-state index contributed by atoms with van der Waals surface area (Å²) in [7, 11) is 4.73. The highest BCUT2D eigenvalue weighted by atomic mass is 19.3. The number of imidazole rings is 1. The van der Waals surface area contributed by atoms with E-state index in [2.05, 4.69) is 35.7 Å². The second-order valence-electron chi connectivity index (χ2n) is 7.11. The Bertz CT molecular complexity index is 1330. The normalized spacial score (nSPS) is 11.2. The van der Waals surface area contributed by atoms with Crippen molar-refractivity contribution in [2.75, 3.05) is 24.8 Å². The van der Waals surface area contributed by atoms with E-state index in [0.717, 1.165) is 5.52 Å². The first-order valence-electron chi connectivity index (χ1n) is 9.85. The quantitative estimate of drug-likeness (QED) is 0.403. The minimum Gasteiger partial charge on any atom is -0.464 e. The lowest BCUT2D eigenvalue weighted by atomic mass is 10.1. The summed E-state index contributed by atoms with van der Waals surface area (Å²) in [6.07, 6.45) is 3.74. The first-order valence-corrected chi connectivity index (χ1v) is 9.85. The largest absolute Gasteiger partial charge is 0.464 e. The van der Waals surface area contributed by atoms with Crippen molar-refractivity contribution in [3.8, 4) is 11.3 Å². The van der Waals surface area contributed by atoms with Crippen LogP contribution in [0.25, 0.3) is 22.3 Å². The Morgan fingerprint density at radius 2 is 2.00 bits per heavy atom. The van der Waals surface area contributed by atoms with Crippen LogP contribution in [0.15, 0.2) is 24.9 Å². The van der Waals surface area contributed by atoms with Crippen molar-refractivity contribution < 1.29 is 18.3 Å². The summed E-state index contributed by atoms with van der Waals surface area (Å²) in [4.78, 5) is 30.3. The molecule has 0 fully saturated rings. The number of esters is 1. The number of nitrogens with one attached hydrogen (secondary N) is 2. The smallest absolute Gasteiger partial charge is 0.360 e. The van der Waals surface area contributed by atoms with Gasteiger partial charge in [-0.15, -0.1) is 0 Å². The van der Waals surface area contributed by atoms with Crippen LogP contribution < -0.4 is 10.6 Å². The Morgan fingerprint density at radius 1 is 1.21 bits per heavy atom. The summed E-state index contributed by atoms with van der Waals surface area (Å²) < 4.78 is 33.5. The Hall–Kier alpha value is -4.16. The summed E-state index contributed by atoms with van der Waals surface area (Å²) in [5.41, 5.74) is 3.09. The molecule has 0 amide bonds. The van der Waals surface area contributed by atoms with Gasteiger partial charge in [0.15, 0.2) is 17.3 Å². The standard InChI is InChI=1S/C20H21F2N9O2/c1-10-12(6-26-31(10)8-14(21)22)27-19-17(20(32)33-4)28-16(18(23-2)29-19)11-5-24-7-13-15(11)25-9-30(13)3/h5-7,9,14H,8H2,1-4H3,(H2,23,27,29). The zero-order valence-electron chi connectivity index (χ0n) is 18.3. The second-order valence-corrected chi connectivity index (χ2v) is 7.11. The van der Waals surface area contributed by atoms with Crippen molar-refractivity contribution in [1.29, 1.82) is 0 Å². The molecule has 0 unspecified atom stereocenters. The Kier molecular flexibility index (Phi) is 5.85. The number of nitrogens with zero attached hydrogens (tertiary/aromatic N) is 7. The summed E-state index contributed by atoms with van der Waals surface area (Å²) in [5, 5.41) is 9.91. The van der Waals surface area contributed by atoms with Gasteiger partial charge in [0.05, 0.1) is 48.3 Å². The van der Waals surface area contributed by atoms with E-state index in [-0.39, 0.29) is 11.5 Å². The monoisotopic (exact) mass is 457 g/mol. The topological polar surface area (TPSA) is 125 Å². The van der Waals surface area contributed by atoms with Gasteiger partial charge in [0.2, 0.25) is 0 Å². The molecule has 2 N–H and O–H groups in total. The van der Waals surface area contributed by atoms with Crippen molar-refractivity contribution in [1.82, 2.24) is 34.3 Å². The van der Waals surface area contributed by atoms with Crippen molar-refractivity contribution in [3.63, 3.8) is 0 Å². The lowest BCUT2D eigenvalue weighted by Crippen LogP contribution is -2.14. The van der Waals surface area contributed by atoms with E-state index in [1.165, 1.54) is 18.0 Å². The van der Waals surface area contributed by atoms with Gasteiger partial charge in [-0.25, -0.2) is 28.5 Å². The maximum Gasteiger partial charge on any atom is 0.360 e. The van der Waals surface area contributed by atoms with Gasteiger partial charge in [0, 0.05) is 20.3 Å². The van der Waals surface area contributed by atoms with Gasteiger partial charge in [0.25, 0.3) is 6.43 Å². The number of anilines is 3. The summed E-state index contributed by atoms with van der Waals surface area (Å²) >= 11 is 0. The molecule has 0 spiro atoms. The van der Waals surface area contributed by atoms with Crippen molar-refractivity contribution in [2.45, 2.75) is 19.9 Å². The van der Waals surface area contributed by atoms with Crippen LogP contribution in [0.1, 0.15) is 16.2 Å². The average Bonchev–Trinajstić information content (AvgIpc) is 3.35. The lowest BCUT2D eigenvalue weighted by Gasteiger charge is -2.15. The number of rotatable bonds is 7. The molecule has 172 valence electrons. The molecule has 0 radical (unpaired) electrons. The fourth-order valence-corrected chi connectivity index (χ4v) is 3.35. The molecule has 4 rings (SSSR count). The van der Waals surface area contributed by atoms with E-state index < -0.39 is 18.9 Å². The number of carbonyl (C=O) groups is 1. The molecule has 4 aromatic heterocycles. The van der Waals surface area contributed by atoms with Crippen LogP contribution in [0.4, 0.5) is 26.1 Å². The van der Waals surface area contributed by atoms with Crippen LogP contribution >= 0.6 is 0 Å². The molecule has 0 bridgehead atoms. The Labute approximate surface area is 186 Å². The highest BCUT2D eigenvalue weighted by molar-refractivity contribution is 5.98. The maximum absolute atomic E-state index is 12.8. The number of pyridine rings is 1. The van der Waals surface area contributed by atoms with Gasteiger partial charge >= 0.3 is 5.97 Å². The predicted molar refractivity (Wildman–Crippen MR) is 117 cm³/mol. The Balaban J connectivity index is 1.84. The van der Waals surface area contributed by atoms with Crippen LogP contribution in [0.5, 0.6) is 0 Å². The van der Waals surface area contributed by atoms with E-state index in [0.29, 0.717) is 34.0 Å². The number of fused-ring (bicyclic) bond motifs is 1. The van der Waals surface area contributed by atoms with Gasteiger partial charge in [0.1, 0.15) is 17.8 Å². The molecule has 13 heteroatoms. The summed E-state index contributed by atoms with van der Waals surface area (Å²) in [6.45, 7) is 1.08. The summed E-state index contributed by atoms with van der Waals surface area (Å²) in [6, 6.07) is 0. The van der Waals surface area contributed by atoms with Crippen LogP contribution in [-0.4, -0.2) is 60.8 Å². The average molecular weight is 457 g/mol. The molecule has 33 heavy (non-hydrogen) atoms. The minimum atomic E-state index is -2.56. The van der Waals surface area contributed by atoms with E-state index in [4.69, 9.17) is 4.74 Å². The molecule has 0 aromatic carbocycles. The van der Waals surface area contributed by atoms with Crippen LogP contribution in [-0.2, 0) is 18.3 Å². The first-order chi connectivity index (χ1) is 15.8. The zero-order valence-corrected chi connectivity index (χ0v) is 18.3. The zero-order chi connectivity index (χ0) is 23.7. The molecule has 4 heterocycles. The third kappa shape index (κ3) is 4.04.